The van der Waals surface area contributed by atoms with E-state index >= 15 is 0 Å². The van der Waals surface area contributed by atoms with E-state index in [1.54, 1.807) is 22.0 Å². The van der Waals surface area contributed by atoms with Crippen LogP contribution in [-0.4, -0.2) is 39.2 Å². The zero-order chi connectivity index (χ0) is 20.2. The molecule has 1 amide bonds. The highest BCUT2D eigenvalue weighted by atomic mass is 32.2. The van der Waals surface area contributed by atoms with E-state index in [0.29, 0.717) is 17.5 Å². The molecule has 3 heterocycles. The summed E-state index contributed by atoms with van der Waals surface area (Å²) in [6.07, 6.45) is 11.9. The SMILES string of the molecule is C=CCn1c(SCC(=O)N2CCCCCC2)nc2sc3c(c2c1=O)CCCCC3. The van der Waals surface area contributed by atoms with E-state index < -0.39 is 0 Å². The molecule has 1 aliphatic carbocycles. The van der Waals surface area contributed by atoms with Gasteiger partial charge in [-0.3, -0.25) is 14.2 Å². The summed E-state index contributed by atoms with van der Waals surface area (Å²) < 4.78 is 1.70. The largest absolute Gasteiger partial charge is 0.342 e. The minimum atomic E-state index is 0.0269. The van der Waals surface area contributed by atoms with Gasteiger partial charge in [-0.1, -0.05) is 37.1 Å². The fraction of sp³-hybridized carbons (Fsp3) is 0.591. The van der Waals surface area contributed by atoms with Crippen molar-refractivity contribution in [1.29, 1.82) is 0 Å². The van der Waals surface area contributed by atoms with E-state index in [4.69, 9.17) is 4.98 Å². The standard InChI is InChI=1S/C22H29N3O2S2/c1-2-12-25-21(27)19-16-10-6-5-7-11-17(16)29-20(19)23-22(25)28-15-18(26)24-13-8-3-4-9-14-24/h2H,1,3-15H2. The molecule has 0 N–H and O–H groups in total. The molecule has 1 aliphatic heterocycles. The number of rotatable bonds is 5. The minimum absolute atomic E-state index is 0.0269. The van der Waals surface area contributed by atoms with Crippen molar-refractivity contribution in [3.63, 3.8) is 0 Å². The summed E-state index contributed by atoms with van der Waals surface area (Å²) in [5, 5.41) is 1.44. The topological polar surface area (TPSA) is 55.2 Å². The molecular weight excluding hydrogens is 402 g/mol. The van der Waals surface area contributed by atoms with Crippen molar-refractivity contribution in [2.45, 2.75) is 69.5 Å². The Labute approximate surface area is 180 Å². The lowest BCUT2D eigenvalue weighted by molar-refractivity contribution is -0.128. The number of thiophene rings is 1. The minimum Gasteiger partial charge on any atom is -0.342 e. The van der Waals surface area contributed by atoms with Crippen molar-refractivity contribution < 1.29 is 4.79 Å². The van der Waals surface area contributed by atoms with Crippen molar-refractivity contribution in [3.05, 3.63) is 33.4 Å². The molecule has 0 radical (unpaired) electrons. The molecule has 2 aliphatic rings. The molecule has 0 unspecified atom stereocenters. The van der Waals surface area contributed by atoms with Gasteiger partial charge in [-0.05, 0) is 44.1 Å². The molecule has 7 heteroatoms. The second-order valence-corrected chi connectivity index (χ2v) is 9.95. The summed E-state index contributed by atoms with van der Waals surface area (Å²) in [7, 11) is 0. The van der Waals surface area contributed by atoms with E-state index in [1.807, 2.05) is 4.90 Å². The number of hydrogen-bond acceptors (Lipinski definition) is 5. The zero-order valence-electron chi connectivity index (χ0n) is 17.0. The van der Waals surface area contributed by atoms with Gasteiger partial charge in [0.25, 0.3) is 5.56 Å². The Hall–Kier alpha value is -1.60. The average Bonchev–Trinajstić information content (AvgIpc) is 2.94. The van der Waals surface area contributed by atoms with Crippen LogP contribution >= 0.6 is 23.1 Å². The highest BCUT2D eigenvalue weighted by molar-refractivity contribution is 7.99. The zero-order valence-corrected chi connectivity index (χ0v) is 18.6. The fourth-order valence-corrected chi connectivity index (χ4v) is 6.55. The van der Waals surface area contributed by atoms with Crippen molar-refractivity contribution in [1.82, 2.24) is 14.5 Å². The number of aromatic nitrogens is 2. The number of allylic oxidation sites excluding steroid dienone is 1. The summed E-state index contributed by atoms with van der Waals surface area (Å²) in [6.45, 7) is 5.94. The molecule has 29 heavy (non-hydrogen) atoms. The van der Waals surface area contributed by atoms with Crippen LogP contribution in [0.5, 0.6) is 0 Å². The first-order chi connectivity index (χ1) is 14.2. The average molecular weight is 432 g/mol. The van der Waals surface area contributed by atoms with Crippen LogP contribution in [0.3, 0.4) is 0 Å². The summed E-state index contributed by atoms with van der Waals surface area (Å²) in [6, 6.07) is 0. The summed E-state index contributed by atoms with van der Waals surface area (Å²) in [5.74, 6) is 0.485. The molecule has 2 aromatic heterocycles. The predicted octanol–water partition coefficient (Wildman–Crippen LogP) is 4.41. The van der Waals surface area contributed by atoms with Gasteiger partial charge >= 0.3 is 0 Å². The number of carbonyl (C=O) groups excluding carboxylic acids is 1. The molecule has 0 spiro atoms. The number of fused-ring (bicyclic) bond motifs is 3. The third-order valence-electron chi connectivity index (χ3n) is 5.89. The third-order valence-corrected chi connectivity index (χ3v) is 8.03. The lowest BCUT2D eigenvalue weighted by atomic mass is 10.1. The Balaban J connectivity index is 1.63. The van der Waals surface area contributed by atoms with Crippen LogP contribution in [0, 0.1) is 0 Å². The van der Waals surface area contributed by atoms with Crippen molar-refractivity contribution >= 4 is 39.2 Å². The van der Waals surface area contributed by atoms with Crippen LogP contribution in [-0.2, 0) is 24.2 Å². The van der Waals surface area contributed by atoms with E-state index in [0.717, 1.165) is 55.4 Å². The lowest BCUT2D eigenvalue weighted by Gasteiger charge is -2.20. The summed E-state index contributed by atoms with van der Waals surface area (Å²) in [5.41, 5.74) is 1.24. The van der Waals surface area contributed by atoms with Gasteiger partial charge in [0.1, 0.15) is 4.83 Å². The number of aryl methyl sites for hydroxylation is 2. The van der Waals surface area contributed by atoms with E-state index in [2.05, 4.69) is 6.58 Å². The Morgan fingerprint density at radius 3 is 2.59 bits per heavy atom. The fourth-order valence-electron chi connectivity index (χ4n) is 4.33. The Kier molecular flexibility index (Phi) is 6.75. The van der Waals surface area contributed by atoms with E-state index in [1.165, 1.54) is 47.9 Å². The molecule has 4 rings (SSSR count). The highest BCUT2D eigenvalue weighted by Gasteiger charge is 2.22. The second kappa shape index (κ2) is 9.47. The van der Waals surface area contributed by atoms with Crippen LogP contribution in [0.4, 0.5) is 0 Å². The molecule has 156 valence electrons. The number of nitrogens with zero attached hydrogens (tertiary/aromatic N) is 3. The third kappa shape index (κ3) is 4.45. The second-order valence-electron chi connectivity index (χ2n) is 7.93. The molecular formula is C22H29N3O2S2. The van der Waals surface area contributed by atoms with Crippen LogP contribution in [0.2, 0.25) is 0 Å². The quantitative estimate of drug-likeness (QED) is 0.305. The predicted molar refractivity (Wildman–Crippen MR) is 121 cm³/mol. The lowest BCUT2D eigenvalue weighted by Crippen LogP contribution is -2.33. The smallest absolute Gasteiger partial charge is 0.263 e. The van der Waals surface area contributed by atoms with Crippen molar-refractivity contribution in [3.8, 4) is 0 Å². The first kappa shape index (κ1) is 20.7. The number of hydrogen-bond donors (Lipinski definition) is 0. The van der Waals surface area contributed by atoms with Gasteiger partial charge in [-0.15, -0.1) is 17.9 Å². The molecule has 5 nitrogen and oxygen atoms in total. The monoisotopic (exact) mass is 431 g/mol. The first-order valence-corrected chi connectivity index (χ1v) is 12.6. The van der Waals surface area contributed by atoms with Gasteiger partial charge in [0.15, 0.2) is 5.16 Å². The maximum Gasteiger partial charge on any atom is 0.263 e. The van der Waals surface area contributed by atoms with Crippen LogP contribution in [0.25, 0.3) is 10.2 Å². The van der Waals surface area contributed by atoms with Crippen LogP contribution in [0.1, 0.15) is 55.4 Å². The highest BCUT2D eigenvalue weighted by Crippen LogP contribution is 2.34. The maximum atomic E-state index is 13.3. The van der Waals surface area contributed by atoms with Crippen molar-refractivity contribution in [2.24, 2.45) is 0 Å². The molecule has 0 atom stereocenters. The number of thioether (sulfide) groups is 1. The molecule has 0 saturated carbocycles. The summed E-state index contributed by atoms with van der Waals surface area (Å²) in [4.78, 5) is 35.1. The normalized spacial score (nSPS) is 17.6. The van der Waals surface area contributed by atoms with Crippen molar-refractivity contribution in [2.75, 3.05) is 18.8 Å². The van der Waals surface area contributed by atoms with Crippen LogP contribution < -0.4 is 5.56 Å². The Morgan fingerprint density at radius 2 is 1.83 bits per heavy atom. The Morgan fingerprint density at radius 1 is 1.10 bits per heavy atom. The molecule has 1 fully saturated rings. The molecule has 1 saturated heterocycles. The first-order valence-electron chi connectivity index (χ1n) is 10.8. The van der Waals surface area contributed by atoms with Gasteiger partial charge in [-0.25, -0.2) is 4.98 Å². The molecule has 2 aromatic rings. The maximum absolute atomic E-state index is 13.3. The van der Waals surface area contributed by atoms with Gasteiger partial charge < -0.3 is 4.90 Å². The van der Waals surface area contributed by atoms with Gasteiger partial charge in [-0.2, -0.15) is 0 Å². The Bertz CT molecular complexity index is 955. The van der Waals surface area contributed by atoms with Crippen LogP contribution in [0.15, 0.2) is 22.6 Å². The summed E-state index contributed by atoms with van der Waals surface area (Å²) >= 11 is 3.07. The number of amides is 1. The number of carbonyl (C=O) groups is 1. The van der Waals surface area contributed by atoms with E-state index in [-0.39, 0.29) is 11.5 Å². The molecule has 0 aromatic carbocycles. The van der Waals surface area contributed by atoms with E-state index in [9.17, 15) is 9.59 Å². The number of likely N-dealkylation sites (tertiary alicyclic amines) is 1. The van der Waals surface area contributed by atoms with Gasteiger partial charge in [0.05, 0.1) is 11.1 Å². The molecule has 0 bridgehead atoms. The van der Waals surface area contributed by atoms with Gasteiger partial charge in [0.2, 0.25) is 5.91 Å². The van der Waals surface area contributed by atoms with Gasteiger partial charge in [0, 0.05) is 24.5 Å².